The quantitative estimate of drug-likeness (QED) is 0.783. The topological polar surface area (TPSA) is 63.4 Å². The van der Waals surface area contributed by atoms with Crippen molar-refractivity contribution in [2.24, 2.45) is 11.7 Å². The molecule has 0 aromatic heterocycles. The van der Waals surface area contributed by atoms with E-state index >= 15 is 0 Å². The fourth-order valence-corrected chi connectivity index (χ4v) is 5.44. The maximum absolute atomic E-state index is 12.4. The van der Waals surface area contributed by atoms with Gasteiger partial charge in [0.1, 0.15) is 0 Å². The first-order valence-corrected chi connectivity index (χ1v) is 8.35. The number of rotatable bonds is 6. The molecule has 0 atom stereocenters. The van der Waals surface area contributed by atoms with Gasteiger partial charge in [-0.15, -0.1) is 0 Å². The Hall–Kier alpha value is -0.130. The van der Waals surface area contributed by atoms with Crippen LogP contribution >= 0.6 is 0 Å². The van der Waals surface area contributed by atoms with Crippen molar-refractivity contribution in [1.29, 1.82) is 0 Å². The van der Waals surface area contributed by atoms with Gasteiger partial charge in [0.15, 0.2) is 0 Å². The Bertz CT molecular complexity index is 357. The summed E-state index contributed by atoms with van der Waals surface area (Å²) in [4.78, 5) is 0. The monoisotopic (exact) mass is 260 g/mol. The Morgan fingerprint density at radius 1 is 1.29 bits per heavy atom. The molecule has 0 unspecified atom stereocenters. The van der Waals surface area contributed by atoms with E-state index < -0.39 is 10.0 Å². The highest BCUT2D eigenvalue weighted by atomic mass is 32.2. The van der Waals surface area contributed by atoms with Crippen LogP contribution in [0, 0.1) is 5.92 Å². The molecule has 2 N–H and O–H groups in total. The van der Waals surface area contributed by atoms with Crippen LogP contribution in [0.4, 0.5) is 0 Å². The molecule has 0 heterocycles. The third-order valence-corrected chi connectivity index (χ3v) is 6.42. The highest BCUT2D eigenvalue weighted by Gasteiger charge is 2.44. The van der Waals surface area contributed by atoms with Gasteiger partial charge in [0.25, 0.3) is 0 Å². The van der Waals surface area contributed by atoms with Crippen LogP contribution in [0.5, 0.6) is 0 Å². The number of nitrogens with two attached hydrogens (primary N) is 1. The van der Waals surface area contributed by atoms with Gasteiger partial charge >= 0.3 is 0 Å². The highest BCUT2D eigenvalue weighted by Crippen LogP contribution is 2.38. The smallest absolute Gasteiger partial charge is 0.214 e. The number of sulfonamides is 1. The summed E-state index contributed by atoms with van der Waals surface area (Å²) in [5.41, 5.74) is 5.61. The second-order valence-electron chi connectivity index (χ2n) is 5.52. The van der Waals surface area contributed by atoms with E-state index in [0.717, 1.165) is 38.5 Å². The Balaban J connectivity index is 2.18. The van der Waals surface area contributed by atoms with Crippen molar-refractivity contribution in [3.8, 4) is 0 Å². The molecular formula is C12H24N2O2S. The summed E-state index contributed by atoms with van der Waals surface area (Å²) in [5.74, 6) is 0.744. The summed E-state index contributed by atoms with van der Waals surface area (Å²) < 4.78 is 26.6. The number of nitrogens with zero attached hydrogens (tertiary/aromatic N) is 1. The predicted octanol–water partition coefficient (Wildman–Crippen LogP) is 1.32. The van der Waals surface area contributed by atoms with E-state index in [-0.39, 0.29) is 5.54 Å². The average molecular weight is 260 g/mol. The molecule has 0 saturated heterocycles. The Morgan fingerprint density at radius 2 is 1.88 bits per heavy atom. The lowest BCUT2D eigenvalue weighted by atomic mass is 9.98. The van der Waals surface area contributed by atoms with Crippen molar-refractivity contribution in [3.63, 3.8) is 0 Å². The van der Waals surface area contributed by atoms with Crippen LogP contribution in [0.3, 0.4) is 0 Å². The molecule has 5 heteroatoms. The molecule has 0 bridgehead atoms. The minimum atomic E-state index is -3.11. The summed E-state index contributed by atoms with van der Waals surface area (Å²) >= 11 is 0. The van der Waals surface area contributed by atoms with Gasteiger partial charge in [-0.2, -0.15) is 4.31 Å². The van der Waals surface area contributed by atoms with Crippen LogP contribution < -0.4 is 5.73 Å². The van der Waals surface area contributed by atoms with Crippen molar-refractivity contribution < 1.29 is 8.42 Å². The zero-order valence-electron chi connectivity index (χ0n) is 10.7. The second-order valence-corrected chi connectivity index (χ2v) is 7.46. The fourth-order valence-electron chi connectivity index (χ4n) is 3.09. The molecule has 2 aliphatic carbocycles. The maximum Gasteiger partial charge on any atom is 0.214 e. The first kappa shape index (κ1) is 13.3. The standard InChI is InChI=1S/C12H24N2O2S/c1-2-14(12(10-13)7-3-4-8-12)17(15,16)9-11-5-6-11/h11H,2-10,13H2,1H3. The van der Waals surface area contributed by atoms with Crippen molar-refractivity contribution >= 4 is 10.0 Å². The third-order valence-electron chi connectivity index (χ3n) is 4.21. The summed E-state index contributed by atoms with van der Waals surface area (Å²) in [6.45, 7) is 2.96. The van der Waals surface area contributed by atoms with E-state index in [9.17, 15) is 8.42 Å². The van der Waals surface area contributed by atoms with E-state index in [1.165, 1.54) is 0 Å². The second kappa shape index (κ2) is 4.86. The van der Waals surface area contributed by atoms with Gasteiger partial charge in [0.05, 0.1) is 5.75 Å². The Kier molecular flexibility index (Phi) is 3.80. The van der Waals surface area contributed by atoms with Crippen LogP contribution in [-0.4, -0.2) is 37.1 Å². The van der Waals surface area contributed by atoms with Crippen molar-refractivity contribution in [2.45, 2.75) is 51.0 Å². The largest absolute Gasteiger partial charge is 0.329 e. The van der Waals surface area contributed by atoms with Gasteiger partial charge in [0.2, 0.25) is 10.0 Å². The van der Waals surface area contributed by atoms with E-state index in [0.29, 0.717) is 24.8 Å². The summed E-state index contributed by atoms with van der Waals surface area (Å²) in [6, 6.07) is 0. The van der Waals surface area contributed by atoms with Crippen LogP contribution in [0.15, 0.2) is 0 Å². The van der Waals surface area contributed by atoms with Crippen LogP contribution in [0.2, 0.25) is 0 Å². The zero-order chi connectivity index (χ0) is 12.5. The normalized spacial score (nSPS) is 24.4. The molecule has 0 aromatic carbocycles. The van der Waals surface area contributed by atoms with E-state index in [4.69, 9.17) is 5.73 Å². The van der Waals surface area contributed by atoms with Gasteiger partial charge in [0, 0.05) is 18.6 Å². The minimum Gasteiger partial charge on any atom is -0.329 e. The average Bonchev–Trinajstić information content (AvgIpc) is 2.95. The van der Waals surface area contributed by atoms with Crippen LogP contribution in [0.1, 0.15) is 45.4 Å². The van der Waals surface area contributed by atoms with Crippen molar-refractivity contribution in [1.82, 2.24) is 4.31 Å². The highest BCUT2D eigenvalue weighted by molar-refractivity contribution is 7.89. The fraction of sp³-hybridized carbons (Fsp3) is 1.00. The van der Waals surface area contributed by atoms with E-state index in [2.05, 4.69) is 0 Å². The van der Waals surface area contributed by atoms with Crippen LogP contribution in [0.25, 0.3) is 0 Å². The minimum absolute atomic E-state index is 0.275. The Morgan fingerprint density at radius 3 is 2.29 bits per heavy atom. The lowest BCUT2D eigenvalue weighted by Crippen LogP contribution is -2.55. The molecule has 0 radical (unpaired) electrons. The molecular weight excluding hydrogens is 236 g/mol. The van der Waals surface area contributed by atoms with E-state index in [1.54, 1.807) is 4.31 Å². The molecule has 0 aromatic rings. The summed E-state index contributed by atoms with van der Waals surface area (Å²) in [7, 11) is -3.11. The molecule has 2 aliphatic rings. The molecule has 17 heavy (non-hydrogen) atoms. The third kappa shape index (κ3) is 2.66. The summed E-state index contributed by atoms with van der Waals surface area (Å²) in [6.07, 6.45) is 6.22. The SMILES string of the molecule is CCN(C1(CN)CCCC1)S(=O)(=O)CC1CC1. The molecule has 0 aliphatic heterocycles. The zero-order valence-corrected chi connectivity index (χ0v) is 11.5. The molecule has 2 rings (SSSR count). The van der Waals surface area contributed by atoms with Crippen molar-refractivity contribution in [3.05, 3.63) is 0 Å². The van der Waals surface area contributed by atoms with Gasteiger partial charge in [-0.1, -0.05) is 19.8 Å². The molecule has 2 saturated carbocycles. The van der Waals surface area contributed by atoms with Gasteiger partial charge < -0.3 is 5.73 Å². The number of likely N-dealkylation sites (N-methyl/N-ethyl adjacent to an activating group) is 1. The van der Waals surface area contributed by atoms with Gasteiger partial charge in [-0.3, -0.25) is 0 Å². The molecule has 0 amide bonds. The lowest BCUT2D eigenvalue weighted by molar-refractivity contribution is 0.204. The van der Waals surface area contributed by atoms with E-state index in [1.807, 2.05) is 6.92 Å². The number of hydrogen-bond acceptors (Lipinski definition) is 3. The number of hydrogen-bond donors (Lipinski definition) is 1. The maximum atomic E-state index is 12.4. The predicted molar refractivity (Wildman–Crippen MR) is 69.1 cm³/mol. The first-order valence-electron chi connectivity index (χ1n) is 6.75. The Labute approximate surface area is 105 Å². The van der Waals surface area contributed by atoms with Crippen molar-refractivity contribution in [2.75, 3.05) is 18.8 Å². The first-order chi connectivity index (χ1) is 8.04. The molecule has 100 valence electrons. The van der Waals surface area contributed by atoms with Crippen LogP contribution in [-0.2, 0) is 10.0 Å². The molecule has 2 fully saturated rings. The summed E-state index contributed by atoms with van der Waals surface area (Å²) in [5, 5.41) is 0. The molecule has 4 nitrogen and oxygen atoms in total. The lowest BCUT2D eigenvalue weighted by Gasteiger charge is -2.39. The van der Waals surface area contributed by atoms with Gasteiger partial charge in [-0.25, -0.2) is 8.42 Å². The van der Waals surface area contributed by atoms with Gasteiger partial charge in [-0.05, 0) is 31.6 Å². The molecule has 0 spiro atoms.